The third-order valence-corrected chi connectivity index (χ3v) is 2.77. The molecule has 0 amide bonds. The third kappa shape index (κ3) is 9.83. The van der Waals surface area contributed by atoms with E-state index in [1.165, 1.54) is 5.92 Å². The molecule has 0 rings (SSSR count). The van der Waals surface area contributed by atoms with E-state index in [-0.39, 0.29) is 5.75 Å². The molecule has 1 radical (unpaired) electrons. The molecule has 4 heteroatoms. The molecule has 0 aromatic carbocycles. The first kappa shape index (κ1) is 12.9. The molecule has 1 N–H and O–H groups in total. The molecule has 0 saturated carbocycles. The molecule has 3 nitrogen and oxygen atoms in total. The van der Waals surface area contributed by atoms with Crippen LogP contribution in [0.3, 0.4) is 0 Å². The summed E-state index contributed by atoms with van der Waals surface area (Å²) in [5, 5.41) is 0. The first-order valence-electron chi connectivity index (χ1n) is 4.72. The lowest BCUT2D eigenvalue weighted by molar-refractivity contribution is 0.480. The standard InChI is InChI=1S/C9H19O3S/c1-3-4-6-9(2)7-5-8-13(10,11)12/h3-8H2,1-2H3,(H,10,11,12). The Hall–Kier alpha value is -0.0900. The fourth-order valence-corrected chi connectivity index (χ4v) is 1.67. The average Bonchev–Trinajstić information content (AvgIpc) is 1.98. The highest BCUT2D eigenvalue weighted by molar-refractivity contribution is 7.85. The van der Waals surface area contributed by atoms with Gasteiger partial charge in [0.05, 0.1) is 5.75 Å². The molecule has 0 heterocycles. The van der Waals surface area contributed by atoms with Crippen LogP contribution in [0.4, 0.5) is 0 Å². The van der Waals surface area contributed by atoms with Crippen molar-refractivity contribution >= 4 is 10.1 Å². The quantitative estimate of drug-likeness (QED) is 0.652. The zero-order valence-corrected chi connectivity index (χ0v) is 9.23. The summed E-state index contributed by atoms with van der Waals surface area (Å²) in [4.78, 5) is 0. The first-order chi connectivity index (χ1) is 5.95. The summed E-state index contributed by atoms with van der Waals surface area (Å²) in [5.74, 6) is 1.21. The minimum Gasteiger partial charge on any atom is -0.286 e. The normalized spacial score (nSPS) is 12.3. The summed E-state index contributed by atoms with van der Waals surface area (Å²) in [7, 11) is -3.75. The molecule has 0 aliphatic carbocycles. The second-order valence-corrected chi connectivity index (χ2v) is 5.02. The molecule has 0 aromatic heterocycles. The molecule has 0 aliphatic rings. The molecule has 0 atom stereocenters. The van der Waals surface area contributed by atoms with E-state index in [0.717, 1.165) is 25.7 Å². The summed E-state index contributed by atoms with van der Waals surface area (Å²) < 4.78 is 29.2. The fourth-order valence-electron chi connectivity index (χ4n) is 1.16. The van der Waals surface area contributed by atoms with Crippen LogP contribution in [0.5, 0.6) is 0 Å². The van der Waals surface area contributed by atoms with Gasteiger partial charge in [-0.1, -0.05) is 26.7 Å². The van der Waals surface area contributed by atoms with E-state index in [9.17, 15) is 8.42 Å². The van der Waals surface area contributed by atoms with E-state index in [0.29, 0.717) is 6.42 Å². The third-order valence-electron chi connectivity index (χ3n) is 1.96. The largest absolute Gasteiger partial charge is 0.286 e. The van der Waals surface area contributed by atoms with Crippen LogP contribution in [-0.2, 0) is 10.1 Å². The maximum atomic E-state index is 10.4. The van der Waals surface area contributed by atoms with Crippen molar-refractivity contribution in [2.24, 2.45) is 0 Å². The van der Waals surface area contributed by atoms with E-state index in [1.54, 1.807) is 0 Å². The number of rotatable bonds is 7. The SMILES string of the molecule is CCCC[C](C)CCCS(=O)(=O)O. The zero-order chi connectivity index (χ0) is 10.3. The Labute approximate surface area is 81.3 Å². The van der Waals surface area contributed by atoms with Gasteiger partial charge >= 0.3 is 0 Å². The van der Waals surface area contributed by atoms with Crippen molar-refractivity contribution in [1.82, 2.24) is 0 Å². The van der Waals surface area contributed by atoms with Gasteiger partial charge in [0.25, 0.3) is 10.1 Å². The van der Waals surface area contributed by atoms with Crippen molar-refractivity contribution in [3.63, 3.8) is 0 Å². The average molecular weight is 207 g/mol. The van der Waals surface area contributed by atoms with Crippen molar-refractivity contribution in [2.75, 3.05) is 5.75 Å². The van der Waals surface area contributed by atoms with Crippen molar-refractivity contribution in [2.45, 2.75) is 46.0 Å². The van der Waals surface area contributed by atoms with E-state index >= 15 is 0 Å². The Morgan fingerprint density at radius 3 is 2.23 bits per heavy atom. The summed E-state index contributed by atoms with van der Waals surface area (Å²) in [6.07, 6.45) is 4.74. The van der Waals surface area contributed by atoms with Crippen LogP contribution in [0, 0.1) is 5.92 Å². The van der Waals surface area contributed by atoms with Gasteiger partial charge in [-0.05, 0) is 25.2 Å². The summed E-state index contributed by atoms with van der Waals surface area (Å²) in [6.45, 7) is 4.17. The summed E-state index contributed by atoms with van der Waals surface area (Å²) >= 11 is 0. The molecular weight excluding hydrogens is 188 g/mol. The van der Waals surface area contributed by atoms with Gasteiger partial charge in [-0.15, -0.1) is 0 Å². The monoisotopic (exact) mass is 207 g/mol. The van der Waals surface area contributed by atoms with E-state index in [1.807, 2.05) is 6.92 Å². The van der Waals surface area contributed by atoms with Gasteiger partial charge in [0, 0.05) is 0 Å². The van der Waals surface area contributed by atoms with Crippen LogP contribution in [0.1, 0.15) is 46.0 Å². The predicted molar refractivity (Wildman–Crippen MR) is 54.1 cm³/mol. The second-order valence-electron chi connectivity index (χ2n) is 3.45. The molecular formula is C9H19O3S. The molecule has 0 saturated heterocycles. The molecule has 0 spiro atoms. The maximum absolute atomic E-state index is 10.4. The van der Waals surface area contributed by atoms with E-state index < -0.39 is 10.1 Å². The highest BCUT2D eigenvalue weighted by atomic mass is 32.2. The Kier molecular flexibility index (Phi) is 6.33. The lowest BCUT2D eigenvalue weighted by atomic mass is 10.00. The van der Waals surface area contributed by atoms with Crippen molar-refractivity contribution < 1.29 is 13.0 Å². The molecule has 0 bridgehead atoms. The van der Waals surface area contributed by atoms with Crippen molar-refractivity contribution in [3.05, 3.63) is 5.92 Å². The topological polar surface area (TPSA) is 54.4 Å². The lowest BCUT2D eigenvalue weighted by Crippen LogP contribution is -2.05. The highest BCUT2D eigenvalue weighted by Crippen LogP contribution is 2.16. The van der Waals surface area contributed by atoms with E-state index in [2.05, 4.69) is 6.92 Å². The summed E-state index contributed by atoms with van der Waals surface area (Å²) in [5.41, 5.74) is 0. The Morgan fingerprint density at radius 2 is 1.77 bits per heavy atom. The predicted octanol–water partition coefficient (Wildman–Crippen LogP) is 2.44. The number of hydrogen-bond donors (Lipinski definition) is 1. The zero-order valence-electron chi connectivity index (χ0n) is 8.41. The minimum atomic E-state index is -3.75. The molecule has 0 aromatic rings. The van der Waals surface area contributed by atoms with Crippen LogP contribution in [-0.4, -0.2) is 18.7 Å². The van der Waals surface area contributed by atoms with Crippen LogP contribution in [0.15, 0.2) is 0 Å². The van der Waals surface area contributed by atoms with Gasteiger partial charge in [0.15, 0.2) is 0 Å². The summed E-state index contributed by atoms with van der Waals surface area (Å²) in [6, 6.07) is 0. The smallest absolute Gasteiger partial charge is 0.264 e. The maximum Gasteiger partial charge on any atom is 0.264 e. The Morgan fingerprint density at radius 1 is 1.23 bits per heavy atom. The molecule has 0 aliphatic heterocycles. The fraction of sp³-hybridized carbons (Fsp3) is 0.889. The lowest BCUT2D eigenvalue weighted by Gasteiger charge is -2.08. The Bertz CT molecular complexity index is 209. The van der Waals surface area contributed by atoms with Crippen LogP contribution in [0.2, 0.25) is 0 Å². The van der Waals surface area contributed by atoms with Crippen molar-refractivity contribution in [1.29, 1.82) is 0 Å². The molecule has 0 fully saturated rings. The van der Waals surface area contributed by atoms with Gasteiger partial charge in [0.1, 0.15) is 0 Å². The number of unbranched alkanes of at least 4 members (excludes halogenated alkanes) is 1. The number of hydrogen-bond acceptors (Lipinski definition) is 2. The van der Waals surface area contributed by atoms with Gasteiger partial charge < -0.3 is 0 Å². The van der Waals surface area contributed by atoms with Gasteiger partial charge in [-0.2, -0.15) is 8.42 Å². The molecule has 0 unspecified atom stereocenters. The van der Waals surface area contributed by atoms with Gasteiger partial charge in [-0.3, -0.25) is 4.55 Å². The Balaban J connectivity index is 3.42. The van der Waals surface area contributed by atoms with Gasteiger partial charge in [-0.25, -0.2) is 0 Å². The van der Waals surface area contributed by atoms with Crippen molar-refractivity contribution in [3.8, 4) is 0 Å². The molecule has 13 heavy (non-hydrogen) atoms. The highest BCUT2D eigenvalue weighted by Gasteiger charge is 2.07. The first-order valence-corrected chi connectivity index (χ1v) is 6.33. The molecule has 79 valence electrons. The van der Waals surface area contributed by atoms with Crippen LogP contribution >= 0.6 is 0 Å². The van der Waals surface area contributed by atoms with Gasteiger partial charge in [0.2, 0.25) is 0 Å². The van der Waals surface area contributed by atoms with E-state index in [4.69, 9.17) is 4.55 Å². The minimum absolute atomic E-state index is 0.115. The van der Waals surface area contributed by atoms with Crippen LogP contribution < -0.4 is 0 Å². The van der Waals surface area contributed by atoms with Crippen LogP contribution in [0.25, 0.3) is 0 Å². The second kappa shape index (κ2) is 6.38.